The number of nitrogens with zero attached hydrogens (tertiary/aromatic N) is 3. The Morgan fingerprint density at radius 2 is 2.00 bits per heavy atom. The van der Waals surface area contributed by atoms with Crippen LogP contribution in [0.25, 0.3) is 0 Å². The maximum absolute atomic E-state index is 5.89. The van der Waals surface area contributed by atoms with Gasteiger partial charge in [0, 0.05) is 25.3 Å². The van der Waals surface area contributed by atoms with Crippen LogP contribution in [0, 0.1) is 6.92 Å². The minimum Gasteiger partial charge on any atom is -0.381 e. The number of pyridine rings is 2. The third kappa shape index (κ3) is 3.45. The summed E-state index contributed by atoms with van der Waals surface area (Å²) >= 11 is 5.89. The second-order valence-corrected chi connectivity index (χ2v) is 5.75. The van der Waals surface area contributed by atoms with Gasteiger partial charge in [-0.05, 0) is 44.0 Å². The molecule has 0 spiro atoms. The van der Waals surface area contributed by atoms with Gasteiger partial charge in [0.15, 0.2) is 0 Å². The van der Waals surface area contributed by atoms with Crippen molar-refractivity contribution in [3.05, 3.63) is 47.4 Å². The van der Waals surface area contributed by atoms with Crippen LogP contribution in [0.15, 0.2) is 36.5 Å². The largest absolute Gasteiger partial charge is 0.381 e. The van der Waals surface area contributed by atoms with Gasteiger partial charge in [-0.1, -0.05) is 17.7 Å². The summed E-state index contributed by atoms with van der Waals surface area (Å²) in [5.74, 6) is 1.07. The highest BCUT2D eigenvalue weighted by molar-refractivity contribution is 6.29. The molecule has 1 N–H and O–H groups in total. The molecule has 3 heterocycles. The predicted molar refractivity (Wildman–Crippen MR) is 87.1 cm³/mol. The lowest BCUT2D eigenvalue weighted by Gasteiger charge is -2.33. The van der Waals surface area contributed by atoms with E-state index in [1.54, 1.807) is 0 Å². The molecule has 0 aromatic carbocycles. The van der Waals surface area contributed by atoms with Gasteiger partial charge in [0.05, 0.1) is 11.4 Å². The van der Waals surface area contributed by atoms with E-state index in [9.17, 15) is 0 Å². The second-order valence-electron chi connectivity index (χ2n) is 5.36. The minimum absolute atomic E-state index is 0.478. The van der Waals surface area contributed by atoms with Gasteiger partial charge in [-0.15, -0.1) is 0 Å². The molecule has 0 unspecified atom stereocenters. The van der Waals surface area contributed by atoms with Crippen LogP contribution in [0.5, 0.6) is 0 Å². The number of halogens is 1. The lowest BCUT2D eigenvalue weighted by molar-refractivity contribution is 0.523. The summed E-state index contributed by atoms with van der Waals surface area (Å²) in [5.41, 5.74) is 2.03. The molecule has 21 heavy (non-hydrogen) atoms. The number of piperidine rings is 1. The topological polar surface area (TPSA) is 41.1 Å². The number of aryl methyl sites for hydroxylation is 1. The maximum Gasteiger partial charge on any atom is 0.129 e. The molecule has 0 saturated carbocycles. The van der Waals surface area contributed by atoms with Crippen molar-refractivity contribution >= 4 is 23.1 Å². The molecule has 0 aliphatic carbocycles. The van der Waals surface area contributed by atoms with Gasteiger partial charge in [0.1, 0.15) is 11.0 Å². The lowest BCUT2D eigenvalue weighted by atomic mass is 10.0. The number of rotatable bonds is 3. The first-order chi connectivity index (χ1) is 10.2. The summed E-state index contributed by atoms with van der Waals surface area (Å²) in [6, 6.07) is 10.4. The zero-order chi connectivity index (χ0) is 14.7. The summed E-state index contributed by atoms with van der Waals surface area (Å²) < 4.78 is 0. The van der Waals surface area contributed by atoms with Crippen molar-refractivity contribution < 1.29 is 0 Å². The van der Waals surface area contributed by atoms with E-state index in [0.29, 0.717) is 11.2 Å². The highest BCUT2D eigenvalue weighted by Crippen LogP contribution is 2.22. The van der Waals surface area contributed by atoms with Gasteiger partial charge in [-0.2, -0.15) is 0 Å². The summed E-state index contributed by atoms with van der Waals surface area (Å²) in [4.78, 5) is 11.0. The Morgan fingerprint density at radius 3 is 2.67 bits per heavy atom. The van der Waals surface area contributed by atoms with Crippen LogP contribution in [0.4, 0.5) is 11.5 Å². The summed E-state index contributed by atoms with van der Waals surface area (Å²) in [6.07, 6.45) is 4.04. The molecule has 2 aromatic rings. The van der Waals surface area contributed by atoms with E-state index in [-0.39, 0.29) is 0 Å². The molecule has 1 fully saturated rings. The number of hydrogen-bond donors (Lipinski definition) is 1. The van der Waals surface area contributed by atoms with Crippen molar-refractivity contribution in [1.82, 2.24) is 9.97 Å². The Balaban J connectivity index is 1.59. The number of nitrogens with one attached hydrogen (secondary N) is 1. The molecule has 4 nitrogen and oxygen atoms in total. The van der Waals surface area contributed by atoms with E-state index in [1.807, 2.05) is 37.4 Å². The first kappa shape index (κ1) is 14.1. The van der Waals surface area contributed by atoms with Crippen LogP contribution in [0.1, 0.15) is 18.5 Å². The Labute approximate surface area is 130 Å². The Bertz CT molecular complexity index is 594. The maximum atomic E-state index is 5.89. The molecule has 1 aliphatic heterocycles. The Morgan fingerprint density at radius 1 is 1.19 bits per heavy atom. The van der Waals surface area contributed by atoms with Crippen LogP contribution in [-0.2, 0) is 0 Å². The first-order valence-corrected chi connectivity index (χ1v) is 7.66. The van der Waals surface area contributed by atoms with Gasteiger partial charge in [-0.3, -0.25) is 0 Å². The monoisotopic (exact) mass is 302 g/mol. The fourth-order valence-corrected chi connectivity index (χ4v) is 2.89. The van der Waals surface area contributed by atoms with Crippen molar-refractivity contribution in [2.24, 2.45) is 0 Å². The van der Waals surface area contributed by atoms with E-state index in [4.69, 9.17) is 11.6 Å². The van der Waals surface area contributed by atoms with E-state index in [0.717, 1.165) is 43.1 Å². The van der Waals surface area contributed by atoms with Gasteiger partial charge >= 0.3 is 0 Å². The highest BCUT2D eigenvalue weighted by atomic mass is 35.5. The molecule has 0 amide bonds. The molecule has 5 heteroatoms. The quantitative estimate of drug-likeness (QED) is 0.881. The zero-order valence-electron chi connectivity index (χ0n) is 12.1. The molecule has 2 aromatic heterocycles. The normalized spacial score (nSPS) is 16.0. The number of aromatic nitrogens is 2. The molecule has 1 aliphatic rings. The van der Waals surface area contributed by atoms with Gasteiger partial charge in [-0.25, -0.2) is 9.97 Å². The van der Waals surface area contributed by atoms with Gasteiger partial charge in [0.2, 0.25) is 0 Å². The third-order valence-corrected chi connectivity index (χ3v) is 4.09. The molecule has 0 radical (unpaired) electrons. The second kappa shape index (κ2) is 6.31. The standard InChI is InChI=1S/C16H19ClN4/c1-12-14(5-6-15(17)19-12)20-13-7-10-21(11-8-13)16-4-2-3-9-18-16/h2-6,9,13,20H,7-8,10-11H2,1H3. The van der Waals surface area contributed by atoms with Crippen molar-refractivity contribution in [3.8, 4) is 0 Å². The first-order valence-electron chi connectivity index (χ1n) is 7.28. The van der Waals surface area contributed by atoms with Crippen molar-refractivity contribution in [2.45, 2.75) is 25.8 Å². The summed E-state index contributed by atoms with van der Waals surface area (Å²) in [6.45, 7) is 4.03. The molecular formula is C16H19ClN4. The average molecular weight is 303 g/mol. The third-order valence-electron chi connectivity index (χ3n) is 3.88. The van der Waals surface area contributed by atoms with Gasteiger partial charge in [0.25, 0.3) is 0 Å². The van der Waals surface area contributed by atoms with Crippen LogP contribution < -0.4 is 10.2 Å². The number of anilines is 2. The summed E-state index contributed by atoms with van der Waals surface area (Å²) in [5, 5.41) is 4.12. The lowest BCUT2D eigenvalue weighted by Crippen LogP contribution is -2.39. The SMILES string of the molecule is Cc1nc(Cl)ccc1NC1CCN(c2ccccn2)CC1. The van der Waals surface area contributed by atoms with E-state index >= 15 is 0 Å². The van der Waals surface area contributed by atoms with E-state index < -0.39 is 0 Å². The average Bonchev–Trinajstić information content (AvgIpc) is 2.52. The fraction of sp³-hybridized carbons (Fsp3) is 0.375. The van der Waals surface area contributed by atoms with Crippen molar-refractivity contribution in [2.75, 3.05) is 23.3 Å². The predicted octanol–water partition coefficient (Wildman–Crippen LogP) is 3.52. The van der Waals surface area contributed by atoms with Gasteiger partial charge < -0.3 is 10.2 Å². The van der Waals surface area contributed by atoms with Crippen LogP contribution in [0.2, 0.25) is 5.15 Å². The van der Waals surface area contributed by atoms with E-state index in [1.165, 1.54) is 0 Å². The van der Waals surface area contributed by atoms with Crippen LogP contribution in [-0.4, -0.2) is 29.1 Å². The molecule has 0 atom stereocenters. The molecule has 3 rings (SSSR count). The number of hydrogen-bond acceptors (Lipinski definition) is 4. The Hall–Kier alpha value is -1.81. The van der Waals surface area contributed by atoms with E-state index in [2.05, 4.69) is 26.3 Å². The highest BCUT2D eigenvalue weighted by Gasteiger charge is 2.20. The van der Waals surface area contributed by atoms with Crippen molar-refractivity contribution in [3.63, 3.8) is 0 Å². The van der Waals surface area contributed by atoms with Crippen LogP contribution >= 0.6 is 11.6 Å². The smallest absolute Gasteiger partial charge is 0.129 e. The fourth-order valence-electron chi connectivity index (χ4n) is 2.70. The minimum atomic E-state index is 0.478. The molecule has 1 saturated heterocycles. The van der Waals surface area contributed by atoms with Crippen LogP contribution in [0.3, 0.4) is 0 Å². The molecular weight excluding hydrogens is 284 g/mol. The molecule has 0 bridgehead atoms. The van der Waals surface area contributed by atoms with Crippen molar-refractivity contribution in [1.29, 1.82) is 0 Å². The molecule has 110 valence electrons. The Kier molecular flexibility index (Phi) is 4.25. The summed E-state index contributed by atoms with van der Waals surface area (Å²) in [7, 11) is 0. The zero-order valence-corrected chi connectivity index (χ0v) is 12.8.